The van der Waals surface area contributed by atoms with Crippen molar-refractivity contribution in [3.63, 3.8) is 0 Å². The molecule has 1 unspecified atom stereocenters. The summed E-state index contributed by atoms with van der Waals surface area (Å²) < 4.78 is 5.20. The van der Waals surface area contributed by atoms with Gasteiger partial charge in [-0.25, -0.2) is 4.98 Å². The Morgan fingerprint density at radius 2 is 2.30 bits per heavy atom. The summed E-state index contributed by atoms with van der Waals surface area (Å²) >= 11 is 7.25. The standard InChI is InChI=1S/C13H14ClN3O2S/c1-7-6-19-13(16-7)20-8(2)12(18)17-11-4-3-9(15)5-10(11)14/h3-6,8H,15H2,1-2H3,(H,17,18). The van der Waals surface area contributed by atoms with Crippen molar-refractivity contribution in [2.75, 3.05) is 11.1 Å². The van der Waals surface area contributed by atoms with E-state index in [1.807, 2.05) is 6.92 Å². The van der Waals surface area contributed by atoms with E-state index in [2.05, 4.69) is 10.3 Å². The van der Waals surface area contributed by atoms with Gasteiger partial charge < -0.3 is 15.5 Å². The molecule has 0 radical (unpaired) electrons. The molecule has 1 atom stereocenters. The van der Waals surface area contributed by atoms with E-state index in [1.54, 1.807) is 31.4 Å². The van der Waals surface area contributed by atoms with Gasteiger partial charge in [-0.3, -0.25) is 4.79 Å². The van der Waals surface area contributed by atoms with E-state index in [-0.39, 0.29) is 11.2 Å². The fourth-order valence-corrected chi connectivity index (χ4v) is 2.46. The molecule has 0 aliphatic heterocycles. The Bertz CT molecular complexity index is 630. The number of nitrogens with two attached hydrogens (primary N) is 1. The molecule has 0 fully saturated rings. The highest BCUT2D eigenvalue weighted by Crippen LogP contribution is 2.27. The number of oxazole rings is 1. The maximum absolute atomic E-state index is 12.1. The first-order valence-corrected chi connectivity index (χ1v) is 7.16. The summed E-state index contributed by atoms with van der Waals surface area (Å²) in [5, 5.41) is 3.26. The number of nitrogen functional groups attached to an aromatic ring is 1. The first-order chi connectivity index (χ1) is 9.45. The SMILES string of the molecule is Cc1coc(SC(C)C(=O)Nc2ccc(N)cc2Cl)n1. The Kier molecular flexibility index (Phi) is 4.57. The predicted molar refractivity (Wildman–Crippen MR) is 81.1 cm³/mol. The number of carbonyl (C=O) groups is 1. The molecule has 0 saturated heterocycles. The number of aryl methyl sites for hydroxylation is 1. The molecule has 0 bridgehead atoms. The fraction of sp³-hybridized carbons (Fsp3) is 0.231. The molecule has 5 nitrogen and oxygen atoms in total. The first kappa shape index (κ1) is 14.7. The van der Waals surface area contributed by atoms with E-state index in [9.17, 15) is 4.79 Å². The number of amides is 1. The van der Waals surface area contributed by atoms with E-state index >= 15 is 0 Å². The molecule has 7 heteroatoms. The molecule has 0 aliphatic rings. The average Bonchev–Trinajstić information content (AvgIpc) is 2.78. The molecule has 3 N–H and O–H groups in total. The minimum absolute atomic E-state index is 0.183. The molecule has 2 rings (SSSR count). The van der Waals surface area contributed by atoms with Crippen LogP contribution in [0.3, 0.4) is 0 Å². The van der Waals surface area contributed by atoms with Gasteiger partial charge in [0.15, 0.2) is 0 Å². The Morgan fingerprint density at radius 1 is 1.55 bits per heavy atom. The topological polar surface area (TPSA) is 81.2 Å². The second-order valence-electron chi connectivity index (χ2n) is 4.24. The van der Waals surface area contributed by atoms with Gasteiger partial charge in [0.2, 0.25) is 5.91 Å². The van der Waals surface area contributed by atoms with Crippen LogP contribution in [0.25, 0.3) is 0 Å². The summed E-state index contributed by atoms with van der Waals surface area (Å²) in [6.07, 6.45) is 1.55. The van der Waals surface area contributed by atoms with Crippen molar-refractivity contribution in [3.05, 3.63) is 35.2 Å². The van der Waals surface area contributed by atoms with Crippen LogP contribution in [0.1, 0.15) is 12.6 Å². The monoisotopic (exact) mass is 311 g/mol. The highest BCUT2D eigenvalue weighted by molar-refractivity contribution is 8.00. The number of hydrogen-bond donors (Lipinski definition) is 2. The quantitative estimate of drug-likeness (QED) is 0.668. The van der Waals surface area contributed by atoms with Crippen molar-refractivity contribution in [1.82, 2.24) is 4.98 Å². The number of halogens is 1. The summed E-state index contributed by atoms with van der Waals surface area (Å²) in [6.45, 7) is 3.59. The normalized spacial score (nSPS) is 12.2. The van der Waals surface area contributed by atoms with Crippen LogP contribution in [-0.2, 0) is 4.79 Å². The summed E-state index contributed by atoms with van der Waals surface area (Å²) in [5.74, 6) is -0.183. The van der Waals surface area contributed by atoms with Gasteiger partial charge in [-0.05, 0) is 32.0 Å². The van der Waals surface area contributed by atoms with Crippen molar-refractivity contribution in [2.24, 2.45) is 0 Å². The number of nitrogens with zero attached hydrogens (tertiary/aromatic N) is 1. The van der Waals surface area contributed by atoms with Gasteiger partial charge in [-0.2, -0.15) is 0 Å². The molecule has 1 aromatic carbocycles. The van der Waals surface area contributed by atoms with Crippen molar-refractivity contribution in [2.45, 2.75) is 24.3 Å². The number of hydrogen-bond acceptors (Lipinski definition) is 5. The van der Waals surface area contributed by atoms with E-state index in [1.165, 1.54) is 11.8 Å². The van der Waals surface area contributed by atoms with Crippen LogP contribution in [0.2, 0.25) is 5.02 Å². The second kappa shape index (κ2) is 6.19. The third-order valence-corrected chi connectivity index (χ3v) is 3.77. The van der Waals surface area contributed by atoms with Gasteiger partial charge in [-0.15, -0.1) is 0 Å². The van der Waals surface area contributed by atoms with Crippen LogP contribution < -0.4 is 11.1 Å². The van der Waals surface area contributed by atoms with Crippen LogP contribution in [-0.4, -0.2) is 16.1 Å². The third-order valence-electron chi connectivity index (χ3n) is 2.50. The lowest BCUT2D eigenvalue weighted by Gasteiger charge is -2.11. The molecule has 2 aromatic rings. The number of carbonyl (C=O) groups excluding carboxylic acids is 1. The van der Waals surface area contributed by atoms with Gasteiger partial charge in [0, 0.05) is 5.69 Å². The van der Waals surface area contributed by atoms with Crippen LogP contribution >= 0.6 is 23.4 Å². The molecule has 1 heterocycles. The van der Waals surface area contributed by atoms with Gasteiger partial charge in [0.05, 0.1) is 21.7 Å². The zero-order chi connectivity index (χ0) is 14.7. The highest BCUT2D eigenvalue weighted by Gasteiger charge is 2.18. The van der Waals surface area contributed by atoms with Crippen molar-refractivity contribution in [3.8, 4) is 0 Å². The molecule has 1 amide bonds. The largest absolute Gasteiger partial charge is 0.440 e. The molecule has 0 saturated carbocycles. The summed E-state index contributed by atoms with van der Waals surface area (Å²) in [4.78, 5) is 16.2. The van der Waals surface area contributed by atoms with Crippen molar-refractivity contribution < 1.29 is 9.21 Å². The van der Waals surface area contributed by atoms with Crippen LogP contribution in [0, 0.1) is 6.92 Å². The van der Waals surface area contributed by atoms with Gasteiger partial charge in [0.1, 0.15) is 6.26 Å². The highest BCUT2D eigenvalue weighted by atomic mass is 35.5. The Hall–Kier alpha value is -1.66. The van der Waals surface area contributed by atoms with E-state index in [0.29, 0.717) is 21.6 Å². The predicted octanol–water partition coefficient (Wildman–Crippen LogP) is 3.34. The van der Waals surface area contributed by atoms with E-state index in [0.717, 1.165) is 5.69 Å². The molecule has 0 spiro atoms. The zero-order valence-electron chi connectivity index (χ0n) is 11.0. The molecule has 1 aromatic heterocycles. The minimum Gasteiger partial charge on any atom is -0.440 e. The van der Waals surface area contributed by atoms with Crippen LogP contribution in [0.5, 0.6) is 0 Å². The average molecular weight is 312 g/mol. The number of aromatic nitrogens is 1. The van der Waals surface area contributed by atoms with E-state index < -0.39 is 0 Å². The van der Waals surface area contributed by atoms with Crippen LogP contribution in [0.15, 0.2) is 34.1 Å². The number of thioether (sulfide) groups is 1. The summed E-state index contributed by atoms with van der Waals surface area (Å²) in [7, 11) is 0. The maximum atomic E-state index is 12.1. The smallest absolute Gasteiger partial charge is 0.256 e. The zero-order valence-corrected chi connectivity index (χ0v) is 12.6. The number of rotatable bonds is 4. The summed E-state index contributed by atoms with van der Waals surface area (Å²) in [5.41, 5.74) is 7.46. The van der Waals surface area contributed by atoms with Gasteiger partial charge in [0.25, 0.3) is 5.22 Å². The number of anilines is 2. The first-order valence-electron chi connectivity index (χ1n) is 5.90. The van der Waals surface area contributed by atoms with E-state index in [4.69, 9.17) is 21.8 Å². The second-order valence-corrected chi connectivity index (χ2v) is 5.94. The molecule has 20 heavy (non-hydrogen) atoms. The molecule has 0 aliphatic carbocycles. The lowest BCUT2D eigenvalue weighted by molar-refractivity contribution is -0.115. The maximum Gasteiger partial charge on any atom is 0.256 e. The summed E-state index contributed by atoms with van der Waals surface area (Å²) in [6, 6.07) is 4.94. The van der Waals surface area contributed by atoms with Crippen LogP contribution in [0.4, 0.5) is 11.4 Å². The Balaban J connectivity index is 2.00. The van der Waals surface area contributed by atoms with Gasteiger partial charge >= 0.3 is 0 Å². The third kappa shape index (κ3) is 3.68. The number of benzene rings is 1. The lowest BCUT2D eigenvalue weighted by atomic mass is 10.2. The molecular formula is C13H14ClN3O2S. The minimum atomic E-state index is -0.360. The number of nitrogens with one attached hydrogen (secondary N) is 1. The van der Waals surface area contributed by atoms with Gasteiger partial charge in [-0.1, -0.05) is 23.4 Å². The Morgan fingerprint density at radius 3 is 2.90 bits per heavy atom. The lowest BCUT2D eigenvalue weighted by Crippen LogP contribution is -2.22. The van der Waals surface area contributed by atoms with Crippen molar-refractivity contribution >= 4 is 40.6 Å². The molecular weight excluding hydrogens is 298 g/mol. The Labute approximate surface area is 125 Å². The molecule has 106 valence electrons. The fourth-order valence-electron chi connectivity index (χ4n) is 1.46. The van der Waals surface area contributed by atoms with Crippen molar-refractivity contribution in [1.29, 1.82) is 0 Å².